The number of carbonyl (C=O) groups excluding carboxylic acids is 1. The van der Waals surface area contributed by atoms with Crippen molar-refractivity contribution in [2.45, 2.75) is 13.5 Å². The standard InChI is InChI=1S/C23H25N3O4/c1-16-22-18(14-26(15-29-22)7-6-25-8-10-28-11-9-25)13-19-21(27)20(30-23(16)19)12-17-2-4-24-5-3-17/h2-5,12-13H,6-11,14-15H2,1H3/b20-12-. The van der Waals surface area contributed by atoms with E-state index in [-0.39, 0.29) is 5.78 Å². The lowest BCUT2D eigenvalue weighted by molar-refractivity contribution is 0.0239. The van der Waals surface area contributed by atoms with Crippen LogP contribution in [0.4, 0.5) is 0 Å². The van der Waals surface area contributed by atoms with Crippen LogP contribution in [0.1, 0.15) is 27.0 Å². The van der Waals surface area contributed by atoms with Crippen molar-refractivity contribution in [1.29, 1.82) is 0 Å². The summed E-state index contributed by atoms with van der Waals surface area (Å²) in [5.41, 5.74) is 3.43. The van der Waals surface area contributed by atoms with Gasteiger partial charge in [-0.1, -0.05) is 0 Å². The fraction of sp³-hybridized carbons (Fsp3) is 0.391. The number of ketones is 1. The Hall–Kier alpha value is -2.74. The molecule has 5 rings (SSSR count). The largest absolute Gasteiger partial charge is 0.477 e. The highest BCUT2D eigenvalue weighted by molar-refractivity contribution is 6.15. The van der Waals surface area contributed by atoms with Crippen LogP contribution in [0.5, 0.6) is 11.5 Å². The van der Waals surface area contributed by atoms with E-state index in [9.17, 15) is 4.79 Å². The van der Waals surface area contributed by atoms with Crippen LogP contribution in [-0.4, -0.2) is 66.7 Å². The van der Waals surface area contributed by atoms with Crippen LogP contribution in [-0.2, 0) is 11.3 Å². The highest BCUT2D eigenvalue weighted by Gasteiger charge is 2.33. The van der Waals surface area contributed by atoms with E-state index in [0.29, 0.717) is 23.8 Å². The van der Waals surface area contributed by atoms with Crippen LogP contribution in [0.25, 0.3) is 6.08 Å². The number of nitrogens with zero attached hydrogens (tertiary/aromatic N) is 3. The van der Waals surface area contributed by atoms with Gasteiger partial charge in [-0.3, -0.25) is 19.6 Å². The lowest BCUT2D eigenvalue weighted by Crippen LogP contribution is -2.43. The first-order valence-corrected chi connectivity index (χ1v) is 10.3. The zero-order valence-corrected chi connectivity index (χ0v) is 17.1. The summed E-state index contributed by atoms with van der Waals surface area (Å²) in [6.07, 6.45) is 5.16. The normalized spacial score (nSPS) is 20.6. The summed E-state index contributed by atoms with van der Waals surface area (Å²) in [6, 6.07) is 5.63. The molecule has 0 saturated carbocycles. The Labute approximate surface area is 175 Å². The Morgan fingerprint density at radius 1 is 1.10 bits per heavy atom. The van der Waals surface area contributed by atoms with E-state index in [1.807, 2.05) is 25.1 Å². The molecule has 4 heterocycles. The molecule has 2 aromatic rings. The fourth-order valence-electron chi connectivity index (χ4n) is 4.16. The number of rotatable bonds is 4. The molecule has 3 aliphatic heterocycles. The number of carbonyl (C=O) groups is 1. The zero-order chi connectivity index (χ0) is 20.5. The van der Waals surface area contributed by atoms with E-state index in [1.54, 1.807) is 18.5 Å². The van der Waals surface area contributed by atoms with Crippen LogP contribution in [0.2, 0.25) is 0 Å². The lowest BCUT2D eigenvalue weighted by atomic mass is 10.00. The van der Waals surface area contributed by atoms with Crippen molar-refractivity contribution in [2.24, 2.45) is 0 Å². The molecule has 3 aliphatic rings. The third kappa shape index (κ3) is 3.71. The van der Waals surface area contributed by atoms with Crippen molar-refractivity contribution in [3.05, 3.63) is 58.6 Å². The number of fused-ring (bicyclic) bond motifs is 2. The lowest BCUT2D eigenvalue weighted by Gasteiger charge is -2.33. The average molecular weight is 407 g/mol. The molecule has 0 atom stereocenters. The minimum Gasteiger partial charge on any atom is -0.477 e. The van der Waals surface area contributed by atoms with Gasteiger partial charge in [0.15, 0.2) is 5.76 Å². The maximum absolute atomic E-state index is 13.0. The Morgan fingerprint density at radius 2 is 1.87 bits per heavy atom. The van der Waals surface area contributed by atoms with E-state index in [1.165, 1.54) is 0 Å². The molecule has 1 aromatic heterocycles. The summed E-state index contributed by atoms with van der Waals surface area (Å²) in [5, 5.41) is 0. The molecule has 30 heavy (non-hydrogen) atoms. The first-order valence-electron chi connectivity index (χ1n) is 10.3. The number of benzene rings is 1. The summed E-state index contributed by atoms with van der Waals surface area (Å²) in [6.45, 7) is 8.77. The first-order chi connectivity index (χ1) is 14.7. The van der Waals surface area contributed by atoms with Crippen LogP contribution in [0.3, 0.4) is 0 Å². The SMILES string of the molecule is Cc1c2c(cc3c1O/C(=C\c1ccncc1)C3=O)CN(CCN1CCOCC1)CO2. The Bertz CT molecular complexity index is 984. The number of allylic oxidation sites excluding steroid dienone is 1. The van der Waals surface area contributed by atoms with Gasteiger partial charge in [0.05, 0.1) is 18.8 Å². The highest BCUT2D eigenvalue weighted by atomic mass is 16.5. The predicted octanol–water partition coefficient (Wildman–Crippen LogP) is 2.49. The van der Waals surface area contributed by atoms with Crippen molar-refractivity contribution in [3.63, 3.8) is 0 Å². The summed E-state index contributed by atoms with van der Waals surface area (Å²) >= 11 is 0. The average Bonchev–Trinajstić information content (AvgIpc) is 3.09. The second kappa shape index (κ2) is 8.18. The van der Waals surface area contributed by atoms with Crippen molar-refractivity contribution in [3.8, 4) is 11.5 Å². The number of Topliss-reactive ketones (excluding diaryl/α,β-unsaturated/α-hetero) is 1. The van der Waals surface area contributed by atoms with Crippen LogP contribution in [0.15, 0.2) is 36.4 Å². The first kappa shape index (κ1) is 19.2. The molecular weight excluding hydrogens is 382 g/mol. The monoisotopic (exact) mass is 407 g/mol. The van der Waals surface area contributed by atoms with Crippen molar-refractivity contribution in [1.82, 2.24) is 14.8 Å². The predicted molar refractivity (Wildman–Crippen MR) is 112 cm³/mol. The van der Waals surface area contributed by atoms with Gasteiger partial charge in [0.1, 0.15) is 18.2 Å². The Kier molecular flexibility index (Phi) is 5.25. The molecule has 0 amide bonds. The molecular formula is C23H25N3O4. The number of aromatic nitrogens is 1. The summed E-state index contributed by atoms with van der Waals surface area (Å²) in [4.78, 5) is 21.7. The summed E-state index contributed by atoms with van der Waals surface area (Å²) in [5.74, 6) is 1.71. The second-order valence-corrected chi connectivity index (χ2v) is 7.87. The Balaban J connectivity index is 1.34. The molecule has 0 aliphatic carbocycles. The van der Waals surface area contributed by atoms with E-state index in [2.05, 4.69) is 14.8 Å². The molecule has 1 aromatic carbocycles. The minimum atomic E-state index is -0.0850. The van der Waals surface area contributed by atoms with Gasteiger partial charge in [-0.2, -0.15) is 0 Å². The van der Waals surface area contributed by atoms with Crippen molar-refractivity contribution in [2.75, 3.05) is 46.1 Å². The molecule has 1 fully saturated rings. The van der Waals surface area contributed by atoms with Gasteiger partial charge in [-0.15, -0.1) is 0 Å². The molecule has 0 unspecified atom stereocenters. The minimum absolute atomic E-state index is 0.0850. The topological polar surface area (TPSA) is 64.1 Å². The van der Waals surface area contributed by atoms with Gasteiger partial charge in [-0.25, -0.2) is 0 Å². The number of morpholine rings is 1. The van der Waals surface area contributed by atoms with E-state index < -0.39 is 0 Å². The fourth-order valence-corrected chi connectivity index (χ4v) is 4.16. The summed E-state index contributed by atoms with van der Waals surface area (Å²) < 4.78 is 17.5. The van der Waals surface area contributed by atoms with Crippen LogP contribution < -0.4 is 9.47 Å². The number of pyridine rings is 1. The van der Waals surface area contributed by atoms with Gasteiger partial charge >= 0.3 is 0 Å². The molecule has 0 N–H and O–H groups in total. The van der Waals surface area contributed by atoms with Gasteiger partial charge in [0.2, 0.25) is 5.78 Å². The highest BCUT2D eigenvalue weighted by Crippen LogP contribution is 2.43. The molecule has 156 valence electrons. The number of hydrogen-bond donors (Lipinski definition) is 0. The quantitative estimate of drug-likeness (QED) is 0.722. The Morgan fingerprint density at radius 3 is 2.67 bits per heavy atom. The maximum Gasteiger partial charge on any atom is 0.231 e. The van der Waals surface area contributed by atoms with Gasteiger partial charge in [-0.05, 0) is 36.8 Å². The van der Waals surface area contributed by atoms with Crippen molar-refractivity contribution >= 4 is 11.9 Å². The third-order valence-corrected chi connectivity index (χ3v) is 5.84. The molecule has 7 heteroatoms. The zero-order valence-electron chi connectivity index (χ0n) is 17.1. The maximum atomic E-state index is 13.0. The second-order valence-electron chi connectivity index (χ2n) is 7.87. The van der Waals surface area contributed by atoms with Gasteiger partial charge in [0, 0.05) is 56.2 Å². The van der Waals surface area contributed by atoms with Crippen LogP contribution in [0, 0.1) is 6.92 Å². The smallest absolute Gasteiger partial charge is 0.231 e. The molecule has 0 radical (unpaired) electrons. The molecule has 7 nitrogen and oxygen atoms in total. The molecule has 0 bridgehead atoms. The van der Waals surface area contributed by atoms with Gasteiger partial charge < -0.3 is 14.2 Å². The third-order valence-electron chi connectivity index (χ3n) is 5.84. The van der Waals surface area contributed by atoms with Gasteiger partial charge in [0.25, 0.3) is 0 Å². The van der Waals surface area contributed by atoms with E-state index in [4.69, 9.17) is 14.2 Å². The summed E-state index contributed by atoms with van der Waals surface area (Å²) in [7, 11) is 0. The van der Waals surface area contributed by atoms with E-state index >= 15 is 0 Å². The number of hydrogen-bond acceptors (Lipinski definition) is 7. The van der Waals surface area contributed by atoms with E-state index in [0.717, 1.165) is 68.4 Å². The molecule has 1 saturated heterocycles. The molecule has 0 spiro atoms. The van der Waals surface area contributed by atoms with Crippen molar-refractivity contribution < 1.29 is 19.0 Å². The number of ether oxygens (including phenoxy) is 3. The van der Waals surface area contributed by atoms with Crippen LogP contribution >= 0.6 is 0 Å².